The minimum Gasteiger partial charge on any atom is -0.496 e. The van der Waals surface area contributed by atoms with Crippen LogP contribution in [-0.2, 0) is 19.1 Å². The van der Waals surface area contributed by atoms with E-state index in [-0.39, 0.29) is 12.5 Å². The monoisotopic (exact) mass is 437 g/mol. The molecule has 2 atom stereocenters. The number of nitrogens with zero attached hydrogens (tertiary/aromatic N) is 3. The molecule has 0 saturated heterocycles. The molecule has 4 rings (SSSR count). The molecule has 32 heavy (non-hydrogen) atoms. The molecule has 168 valence electrons. The van der Waals surface area contributed by atoms with Crippen molar-refractivity contribution in [3.63, 3.8) is 0 Å². The van der Waals surface area contributed by atoms with Crippen LogP contribution in [0.4, 0.5) is 5.95 Å². The van der Waals surface area contributed by atoms with Gasteiger partial charge in [-0.15, -0.1) is 0 Å². The third kappa shape index (κ3) is 3.71. The number of carbonyl (C=O) groups excluding carboxylic acids is 2. The molecule has 0 unspecified atom stereocenters. The first-order chi connectivity index (χ1) is 15.6. The lowest BCUT2D eigenvalue weighted by Crippen LogP contribution is -2.50. The van der Waals surface area contributed by atoms with Crippen molar-refractivity contribution in [1.82, 2.24) is 9.55 Å². The lowest BCUT2D eigenvalue weighted by Gasteiger charge is -2.38. The minimum absolute atomic E-state index is 0.183. The van der Waals surface area contributed by atoms with Crippen molar-refractivity contribution in [3.8, 4) is 5.75 Å². The van der Waals surface area contributed by atoms with E-state index in [0.717, 1.165) is 16.6 Å². The zero-order valence-corrected chi connectivity index (χ0v) is 18.5. The summed E-state index contributed by atoms with van der Waals surface area (Å²) in [5, 5.41) is 0. The fraction of sp³-hybridized carbons (Fsp3) is 0.375. The fourth-order valence-electron chi connectivity index (χ4n) is 4.32. The molecule has 8 nitrogen and oxygen atoms in total. The highest BCUT2D eigenvalue weighted by Gasteiger charge is 2.48. The Balaban J connectivity index is 1.97. The third-order valence-corrected chi connectivity index (χ3v) is 5.67. The Kier molecular flexibility index (Phi) is 6.41. The number of aromatic nitrogens is 2. The van der Waals surface area contributed by atoms with Gasteiger partial charge in [0, 0.05) is 25.8 Å². The van der Waals surface area contributed by atoms with Gasteiger partial charge in [-0.25, -0.2) is 4.98 Å². The maximum atomic E-state index is 13.7. The molecule has 0 radical (unpaired) electrons. The molecule has 2 heterocycles. The molecule has 0 N–H and O–H groups in total. The lowest BCUT2D eigenvalue weighted by molar-refractivity contribution is -0.153. The average Bonchev–Trinajstić information content (AvgIpc) is 3.19. The first-order valence-corrected chi connectivity index (χ1v) is 10.7. The smallest absolute Gasteiger partial charge is 0.321 e. The van der Waals surface area contributed by atoms with Crippen LogP contribution in [0.2, 0.25) is 0 Å². The Labute approximate surface area is 186 Å². The number of carbonyl (C=O) groups is 2. The Morgan fingerprint density at radius 3 is 2.59 bits per heavy atom. The number of ether oxygens (including phenoxy) is 3. The molecular formula is C24H27N3O5. The molecule has 1 aliphatic rings. The van der Waals surface area contributed by atoms with E-state index in [4.69, 9.17) is 19.2 Å². The first kappa shape index (κ1) is 21.8. The topological polar surface area (TPSA) is 82.9 Å². The van der Waals surface area contributed by atoms with Gasteiger partial charge in [0.1, 0.15) is 5.75 Å². The Morgan fingerprint density at radius 2 is 1.84 bits per heavy atom. The van der Waals surface area contributed by atoms with Crippen LogP contribution in [0.5, 0.6) is 5.75 Å². The quantitative estimate of drug-likeness (QED) is 0.306. The van der Waals surface area contributed by atoms with E-state index in [0.29, 0.717) is 31.3 Å². The van der Waals surface area contributed by atoms with Crippen molar-refractivity contribution in [2.75, 3.05) is 38.9 Å². The molecular weight excluding hydrogens is 410 g/mol. The average molecular weight is 437 g/mol. The molecule has 0 fully saturated rings. The van der Waals surface area contributed by atoms with Crippen LogP contribution in [0, 0.1) is 5.92 Å². The minimum atomic E-state index is -1.07. The van der Waals surface area contributed by atoms with Crippen LogP contribution in [0.3, 0.4) is 0 Å². The lowest BCUT2D eigenvalue weighted by atomic mass is 9.88. The molecule has 0 spiro atoms. The van der Waals surface area contributed by atoms with Crippen LogP contribution < -0.4 is 9.64 Å². The number of benzene rings is 2. The van der Waals surface area contributed by atoms with Crippen molar-refractivity contribution >= 4 is 28.9 Å². The predicted molar refractivity (Wildman–Crippen MR) is 120 cm³/mol. The van der Waals surface area contributed by atoms with Gasteiger partial charge in [-0.2, -0.15) is 0 Å². The number of esters is 1. The number of hydrogen-bond acceptors (Lipinski definition) is 6. The summed E-state index contributed by atoms with van der Waals surface area (Å²) in [6, 6.07) is 14.4. The summed E-state index contributed by atoms with van der Waals surface area (Å²) in [6.07, 6.45) is 0.611. The van der Waals surface area contributed by atoms with Crippen LogP contribution >= 0.6 is 0 Å². The standard InChI is InChI=1S/C24H27N3O5/c1-4-32-23(29)20-21(16-10-5-8-13-19(16)31-3)27-18-12-7-6-11-17(18)25-24(27)26(22(20)28)14-9-15-30-2/h5-8,10-13,20-21H,4,9,14-15H2,1-3H3/t20-,21-/m1/s1. The second kappa shape index (κ2) is 9.40. The van der Waals surface area contributed by atoms with Gasteiger partial charge in [-0.05, 0) is 31.5 Å². The number of anilines is 1. The Morgan fingerprint density at radius 1 is 1.09 bits per heavy atom. The van der Waals surface area contributed by atoms with E-state index < -0.39 is 17.9 Å². The van der Waals surface area contributed by atoms with Crippen molar-refractivity contribution in [2.24, 2.45) is 5.92 Å². The van der Waals surface area contributed by atoms with Gasteiger partial charge in [0.15, 0.2) is 5.92 Å². The van der Waals surface area contributed by atoms with Gasteiger partial charge < -0.3 is 18.8 Å². The molecule has 1 aliphatic heterocycles. The highest BCUT2D eigenvalue weighted by atomic mass is 16.5. The van der Waals surface area contributed by atoms with Gasteiger partial charge in [0.05, 0.1) is 30.8 Å². The largest absolute Gasteiger partial charge is 0.496 e. The zero-order chi connectivity index (χ0) is 22.7. The number of imidazole rings is 1. The van der Waals surface area contributed by atoms with Crippen molar-refractivity contribution < 1.29 is 23.8 Å². The van der Waals surface area contributed by atoms with Gasteiger partial charge >= 0.3 is 5.97 Å². The molecule has 1 amide bonds. The highest BCUT2D eigenvalue weighted by Crippen LogP contribution is 2.43. The molecule has 0 saturated carbocycles. The summed E-state index contributed by atoms with van der Waals surface area (Å²) in [5.41, 5.74) is 2.30. The number of para-hydroxylation sites is 3. The number of rotatable bonds is 8. The Bertz CT molecular complexity index is 1130. The maximum Gasteiger partial charge on any atom is 0.321 e. The number of amides is 1. The van der Waals surface area contributed by atoms with E-state index >= 15 is 0 Å². The summed E-state index contributed by atoms with van der Waals surface area (Å²) in [5.74, 6) is -0.870. The molecule has 3 aromatic rings. The third-order valence-electron chi connectivity index (χ3n) is 5.67. The number of fused-ring (bicyclic) bond motifs is 3. The summed E-state index contributed by atoms with van der Waals surface area (Å²) >= 11 is 0. The van der Waals surface area contributed by atoms with Gasteiger partial charge in [-0.3, -0.25) is 14.5 Å². The zero-order valence-electron chi connectivity index (χ0n) is 18.5. The van der Waals surface area contributed by atoms with Crippen LogP contribution in [-0.4, -0.2) is 55.4 Å². The predicted octanol–water partition coefficient (Wildman–Crippen LogP) is 3.20. The van der Waals surface area contributed by atoms with Crippen LogP contribution in [0.1, 0.15) is 24.9 Å². The van der Waals surface area contributed by atoms with Crippen LogP contribution in [0.15, 0.2) is 48.5 Å². The molecule has 8 heteroatoms. The second-order valence-electron chi connectivity index (χ2n) is 7.52. The van der Waals surface area contributed by atoms with E-state index in [1.165, 1.54) is 0 Å². The van der Waals surface area contributed by atoms with Gasteiger partial charge in [-0.1, -0.05) is 30.3 Å². The van der Waals surface area contributed by atoms with Crippen LogP contribution in [0.25, 0.3) is 11.0 Å². The fourth-order valence-corrected chi connectivity index (χ4v) is 4.32. The summed E-state index contributed by atoms with van der Waals surface area (Å²) in [7, 11) is 3.19. The maximum absolute atomic E-state index is 13.7. The molecule has 1 aromatic heterocycles. The second-order valence-corrected chi connectivity index (χ2v) is 7.52. The van der Waals surface area contributed by atoms with Crippen molar-refractivity contribution in [3.05, 3.63) is 54.1 Å². The number of hydrogen-bond donors (Lipinski definition) is 0. The molecule has 0 bridgehead atoms. The van der Waals surface area contributed by atoms with Gasteiger partial charge in [0.2, 0.25) is 11.9 Å². The molecule has 0 aliphatic carbocycles. The first-order valence-electron chi connectivity index (χ1n) is 10.7. The summed E-state index contributed by atoms with van der Waals surface area (Å²) < 4.78 is 18.1. The van der Waals surface area contributed by atoms with Crippen molar-refractivity contribution in [2.45, 2.75) is 19.4 Å². The van der Waals surface area contributed by atoms with E-state index in [1.54, 1.807) is 26.0 Å². The van der Waals surface area contributed by atoms with Gasteiger partial charge in [0.25, 0.3) is 0 Å². The van der Waals surface area contributed by atoms with E-state index in [9.17, 15) is 9.59 Å². The Hall–Kier alpha value is -3.39. The summed E-state index contributed by atoms with van der Waals surface area (Å²) in [4.78, 5) is 33.3. The normalized spacial score (nSPS) is 18.0. The molecule has 2 aromatic carbocycles. The summed E-state index contributed by atoms with van der Waals surface area (Å²) in [6.45, 7) is 2.79. The van der Waals surface area contributed by atoms with Crippen molar-refractivity contribution in [1.29, 1.82) is 0 Å². The highest BCUT2D eigenvalue weighted by molar-refractivity contribution is 6.08. The van der Waals surface area contributed by atoms with E-state index in [2.05, 4.69) is 0 Å². The number of methoxy groups -OCH3 is 2. The van der Waals surface area contributed by atoms with E-state index in [1.807, 2.05) is 53.1 Å². The SMILES string of the molecule is CCOC(=O)[C@H]1C(=O)N(CCCOC)c2nc3ccccc3n2[C@@H]1c1ccccc1OC.